The first-order valence-corrected chi connectivity index (χ1v) is 7.71. The van der Waals surface area contributed by atoms with Crippen molar-refractivity contribution in [2.24, 2.45) is 5.10 Å². The molecule has 2 aromatic rings. The van der Waals surface area contributed by atoms with Crippen LogP contribution < -0.4 is 15.5 Å². The second-order valence-corrected chi connectivity index (χ2v) is 5.18. The highest BCUT2D eigenvalue weighted by Gasteiger charge is 2.14. The lowest BCUT2D eigenvalue weighted by atomic mass is 10.2. The zero-order valence-electron chi connectivity index (χ0n) is 13.2. The minimum Gasteiger partial charge on any atom is -0.489 e. The first kappa shape index (κ1) is 18.2. The van der Waals surface area contributed by atoms with Gasteiger partial charge >= 0.3 is 11.8 Å². The third-order valence-electron chi connectivity index (χ3n) is 2.97. The molecule has 0 radical (unpaired) electrons. The van der Waals surface area contributed by atoms with E-state index in [1.807, 2.05) is 6.07 Å². The number of ether oxygens (including phenoxy) is 1. The molecular formula is C18H16ClN3O3. The van der Waals surface area contributed by atoms with Crippen molar-refractivity contribution < 1.29 is 14.3 Å². The number of hydrogen-bond donors (Lipinski definition) is 2. The van der Waals surface area contributed by atoms with Gasteiger partial charge in [-0.3, -0.25) is 9.59 Å². The SMILES string of the molecule is C=CCOc1ccccc1/C=N\NC(=O)C(=O)Nc1ccccc1Cl. The number of hydrogen-bond acceptors (Lipinski definition) is 4. The zero-order chi connectivity index (χ0) is 18.1. The fourth-order valence-electron chi connectivity index (χ4n) is 1.82. The molecule has 25 heavy (non-hydrogen) atoms. The third-order valence-corrected chi connectivity index (χ3v) is 3.30. The lowest BCUT2D eigenvalue weighted by molar-refractivity contribution is -0.136. The lowest BCUT2D eigenvalue weighted by Crippen LogP contribution is -2.32. The third kappa shape index (κ3) is 5.47. The Morgan fingerprint density at radius 1 is 1.12 bits per heavy atom. The summed E-state index contributed by atoms with van der Waals surface area (Å²) in [5.74, 6) is -1.21. The molecule has 128 valence electrons. The molecule has 0 saturated carbocycles. The van der Waals surface area contributed by atoms with Crippen molar-refractivity contribution in [3.8, 4) is 5.75 Å². The molecule has 2 amide bonds. The number of nitrogens with zero attached hydrogens (tertiary/aromatic N) is 1. The van der Waals surface area contributed by atoms with Gasteiger partial charge in [0.1, 0.15) is 12.4 Å². The van der Waals surface area contributed by atoms with Crippen LogP contribution in [0.1, 0.15) is 5.56 Å². The Bertz CT molecular complexity index is 806. The maximum absolute atomic E-state index is 11.8. The van der Waals surface area contributed by atoms with Crippen LogP contribution in [0.2, 0.25) is 5.02 Å². The highest BCUT2D eigenvalue weighted by molar-refractivity contribution is 6.41. The Kier molecular flexibility index (Phi) is 6.74. The van der Waals surface area contributed by atoms with E-state index in [1.54, 1.807) is 48.5 Å². The highest BCUT2D eigenvalue weighted by atomic mass is 35.5. The van der Waals surface area contributed by atoms with Crippen LogP contribution in [0.4, 0.5) is 5.69 Å². The van der Waals surface area contributed by atoms with E-state index < -0.39 is 11.8 Å². The quantitative estimate of drug-likeness (QED) is 0.361. The van der Waals surface area contributed by atoms with Crippen molar-refractivity contribution in [3.63, 3.8) is 0 Å². The number of carbonyl (C=O) groups excluding carboxylic acids is 2. The van der Waals surface area contributed by atoms with E-state index in [-0.39, 0.29) is 0 Å². The Balaban J connectivity index is 1.95. The van der Waals surface area contributed by atoms with Gasteiger partial charge in [0.25, 0.3) is 0 Å². The molecule has 0 aromatic heterocycles. The van der Waals surface area contributed by atoms with E-state index in [4.69, 9.17) is 16.3 Å². The number of nitrogens with one attached hydrogen (secondary N) is 2. The van der Waals surface area contributed by atoms with Gasteiger partial charge in [0.05, 0.1) is 16.9 Å². The summed E-state index contributed by atoms with van der Waals surface area (Å²) in [5, 5.41) is 6.51. The molecule has 0 atom stereocenters. The first-order valence-electron chi connectivity index (χ1n) is 7.33. The summed E-state index contributed by atoms with van der Waals surface area (Å²) in [6, 6.07) is 13.7. The summed E-state index contributed by atoms with van der Waals surface area (Å²) in [5.41, 5.74) is 3.15. The van der Waals surface area contributed by atoms with Gasteiger partial charge in [-0.05, 0) is 24.3 Å². The van der Waals surface area contributed by atoms with E-state index >= 15 is 0 Å². The average Bonchev–Trinajstić information content (AvgIpc) is 2.62. The van der Waals surface area contributed by atoms with Gasteiger partial charge in [-0.1, -0.05) is 48.5 Å². The van der Waals surface area contributed by atoms with E-state index in [1.165, 1.54) is 6.21 Å². The lowest BCUT2D eigenvalue weighted by Gasteiger charge is -2.07. The van der Waals surface area contributed by atoms with Gasteiger partial charge in [0, 0.05) is 5.56 Å². The van der Waals surface area contributed by atoms with Crippen LogP contribution in [-0.2, 0) is 9.59 Å². The molecular weight excluding hydrogens is 342 g/mol. The van der Waals surface area contributed by atoms with E-state index in [0.717, 1.165) is 0 Å². The molecule has 0 aliphatic rings. The second-order valence-electron chi connectivity index (χ2n) is 4.77. The number of carbonyl (C=O) groups is 2. The van der Waals surface area contributed by atoms with Crippen LogP contribution in [0.25, 0.3) is 0 Å². The number of amides is 2. The molecule has 0 fully saturated rings. The first-order chi connectivity index (χ1) is 12.1. The number of hydrazone groups is 1. The standard InChI is InChI=1S/C18H16ClN3O3/c1-2-11-25-16-10-6-3-7-13(16)12-20-22-18(24)17(23)21-15-9-5-4-8-14(15)19/h2-10,12H,1,11H2,(H,21,23)(H,22,24)/b20-12-. The fraction of sp³-hybridized carbons (Fsp3) is 0.0556. The van der Waals surface area contributed by atoms with Gasteiger partial charge < -0.3 is 10.1 Å². The molecule has 0 heterocycles. The smallest absolute Gasteiger partial charge is 0.329 e. The van der Waals surface area contributed by atoms with Gasteiger partial charge in [-0.15, -0.1) is 0 Å². The monoisotopic (exact) mass is 357 g/mol. The largest absolute Gasteiger partial charge is 0.489 e. The fourth-order valence-corrected chi connectivity index (χ4v) is 2.00. The van der Waals surface area contributed by atoms with Crippen molar-refractivity contribution in [2.75, 3.05) is 11.9 Å². The maximum Gasteiger partial charge on any atom is 0.329 e. The Morgan fingerprint density at radius 2 is 1.84 bits per heavy atom. The average molecular weight is 358 g/mol. The molecule has 0 bridgehead atoms. The normalized spacial score (nSPS) is 10.3. The second kappa shape index (κ2) is 9.24. The van der Waals surface area contributed by atoms with Crippen LogP contribution in [0, 0.1) is 0 Å². The topological polar surface area (TPSA) is 79.8 Å². The molecule has 0 aliphatic heterocycles. The number of halogens is 1. The summed E-state index contributed by atoms with van der Waals surface area (Å²) in [4.78, 5) is 23.6. The number of anilines is 1. The molecule has 0 aliphatic carbocycles. The zero-order valence-corrected chi connectivity index (χ0v) is 14.0. The molecule has 2 N–H and O–H groups in total. The summed E-state index contributed by atoms with van der Waals surface area (Å²) in [6.07, 6.45) is 3.01. The van der Waals surface area contributed by atoms with Crippen molar-refractivity contribution in [1.82, 2.24) is 5.43 Å². The van der Waals surface area contributed by atoms with Crippen LogP contribution >= 0.6 is 11.6 Å². The highest BCUT2D eigenvalue weighted by Crippen LogP contribution is 2.20. The van der Waals surface area contributed by atoms with E-state index in [9.17, 15) is 9.59 Å². The molecule has 7 heteroatoms. The summed E-state index contributed by atoms with van der Waals surface area (Å²) < 4.78 is 5.47. The minimum atomic E-state index is -0.916. The van der Waals surface area contributed by atoms with Crippen molar-refractivity contribution in [2.45, 2.75) is 0 Å². The Morgan fingerprint density at radius 3 is 2.60 bits per heavy atom. The van der Waals surface area contributed by atoms with Gasteiger partial charge in [-0.25, -0.2) is 5.43 Å². The number of benzene rings is 2. The van der Waals surface area contributed by atoms with Crippen LogP contribution in [-0.4, -0.2) is 24.6 Å². The molecule has 0 saturated heterocycles. The molecule has 6 nitrogen and oxygen atoms in total. The summed E-state index contributed by atoms with van der Waals surface area (Å²) in [6.45, 7) is 3.93. The summed E-state index contributed by atoms with van der Waals surface area (Å²) in [7, 11) is 0. The number of para-hydroxylation sites is 2. The molecule has 0 unspecified atom stereocenters. The summed E-state index contributed by atoms with van der Waals surface area (Å²) >= 11 is 5.92. The Hall–Kier alpha value is -3.12. The van der Waals surface area contributed by atoms with Gasteiger partial charge in [0.15, 0.2) is 0 Å². The van der Waals surface area contributed by atoms with Gasteiger partial charge in [0.2, 0.25) is 0 Å². The van der Waals surface area contributed by atoms with Crippen molar-refractivity contribution in [1.29, 1.82) is 0 Å². The van der Waals surface area contributed by atoms with Crippen LogP contribution in [0.3, 0.4) is 0 Å². The van der Waals surface area contributed by atoms with Crippen molar-refractivity contribution >= 4 is 35.3 Å². The number of rotatable bonds is 6. The van der Waals surface area contributed by atoms with E-state index in [0.29, 0.717) is 28.6 Å². The van der Waals surface area contributed by atoms with Crippen LogP contribution in [0.5, 0.6) is 5.75 Å². The van der Waals surface area contributed by atoms with E-state index in [2.05, 4.69) is 22.4 Å². The molecule has 2 rings (SSSR count). The predicted octanol–water partition coefficient (Wildman–Crippen LogP) is 2.99. The minimum absolute atomic E-state index is 0.334. The van der Waals surface area contributed by atoms with Crippen LogP contribution in [0.15, 0.2) is 66.3 Å². The molecule has 2 aromatic carbocycles. The Labute approximate surface area is 150 Å². The van der Waals surface area contributed by atoms with Crippen molar-refractivity contribution in [3.05, 3.63) is 71.8 Å². The van der Waals surface area contributed by atoms with Gasteiger partial charge in [-0.2, -0.15) is 5.10 Å². The maximum atomic E-state index is 11.8. The predicted molar refractivity (Wildman–Crippen MR) is 98.0 cm³/mol. The molecule has 0 spiro atoms.